The van der Waals surface area contributed by atoms with Crippen molar-refractivity contribution in [2.45, 2.75) is 19.4 Å². The fourth-order valence-electron chi connectivity index (χ4n) is 4.46. The summed E-state index contributed by atoms with van der Waals surface area (Å²) in [6.45, 7) is 4.60. The summed E-state index contributed by atoms with van der Waals surface area (Å²) in [6.07, 6.45) is 0.486. The van der Waals surface area contributed by atoms with Gasteiger partial charge in [-0.15, -0.1) is 0 Å². The SMILES string of the molecule is CCNC(=O)[C@H]1Cc2cc([N+](=O)[O-])ccc2N2CCN(c3ccccc3Cl)C[C@H]12. The molecule has 0 saturated carbocycles. The molecule has 152 valence electrons. The lowest BCUT2D eigenvalue weighted by molar-refractivity contribution is -0.384. The van der Waals surface area contributed by atoms with Crippen LogP contribution in [0.5, 0.6) is 0 Å². The summed E-state index contributed by atoms with van der Waals surface area (Å²) in [5, 5.41) is 14.8. The number of nitrogens with one attached hydrogen (secondary N) is 1. The molecule has 4 rings (SSSR count). The van der Waals surface area contributed by atoms with Gasteiger partial charge in [-0.2, -0.15) is 0 Å². The first-order valence-corrected chi connectivity index (χ1v) is 10.2. The van der Waals surface area contributed by atoms with E-state index in [2.05, 4.69) is 15.1 Å². The van der Waals surface area contributed by atoms with E-state index in [1.807, 2.05) is 37.3 Å². The molecule has 0 unspecified atom stereocenters. The van der Waals surface area contributed by atoms with Crippen molar-refractivity contribution in [2.24, 2.45) is 5.92 Å². The Hall–Kier alpha value is -2.80. The molecule has 2 aromatic rings. The van der Waals surface area contributed by atoms with Gasteiger partial charge in [0.15, 0.2) is 0 Å². The molecule has 0 radical (unpaired) electrons. The maximum Gasteiger partial charge on any atom is 0.269 e. The number of benzene rings is 2. The maximum atomic E-state index is 12.9. The summed E-state index contributed by atoms with van der Waals surface area (Å²) < 4.78 is 0. The summed E-state index contributed by atoms with van der Waals surface area (Å²) in [5.41, 5.74) is 2.88. The smallest absolute Gasteiger partial charge is 0.269 e. The van der Waals surface area contributed by atoms with E-state index in [1.54, 1.807) is 12.1 Å². The molecule has 7 nitrogen and oxygen atoms in total. The molecule has 1 N–H and O–H groups in total. The summed E-state index contributed by atoms with van der Waals surface area (Å²) in [6, 6.07) is 12.7. The molecule has 2 aliphatic heterocycles. The molecule has 2 aliphatic rings. The highest BCUT2D eigenvalue weighted by molar-refractivity contribution is 6.33. The van der Waals surface area contributed by atoms with E-state index in [9.17, 15) is 14.9 Å². The van der Waals surface area contributed by atoms with Crippen LogP contribution < -0.4 is 15.1 Å². The topological polar surface area (TPSA) is 78.7 Å². The third kappa shape index (κ3) is 3.62. The van der Waals surface area contributed by atoms with Crippen molar-refractivity contribution in [1.29, 1.82) is 0 Å². The first kappa shape index (κ1) is 19.5. The number of nitrogens with zero attached hydrogens (tertiary/aromatic N) is 3. The predicted octanol–water partition coefficient (Wildman–Crippen LogP) is 3.25. The van der Waals surface area contributed by atoms with Gasteiger partial charge in [-0.05, 0) is 37.1 Å². The Labute approximate surface area is 174 Å². The average molecular weight is 415 g/mol. The van der Waals surface area contributed by atoms with Gasteiger partial charge in [-0.1, -0.05) is 23.7 Å². The zero-order chi connectivity index (χ0) is 20.5. The lowest BCUT2D eigenvalue weighted by atomic mass is 9.83. The molecule has 2 aromatic carbocycles. The van der Waals surface area contributed by atoms with Crippen LogP contribution in [-0.2, 0) is 11.2 Å². The number of nitro benzene ring substituents is 1. The highest BCUT2D eigenvalue weighted by atomic mass is 35.5. The number of hydrogen-bond donors (Lipinski definition) is 1. The number of rotatable bonds is 4. The molecule has 2 heterocycles. The van der Waals surface area contributed by atoms with Crippen LogP contribution in [0.1, 0.15) is 12.5 Å². The molecule has 1 saturated heterocycles. The molecular formula is C21H23ClN4O3. The van der Waals surface area contributed by atoms with Gasteiger partial charge in [-0.3, -0.25) is 14.9 Å². The molecule has 2 atom stereocenters. The lowest BCUT2D eigenvalue weighted by Crippen LogP contribution is -2.61. The number of non-ortho nitro benzene ring substituents is 1. The van der Waals surface area contributed by atoms with E-state index < -0.39 is 0 Å². The Morgan fingerprint density at radius 2 is 2.03 bits per heavy atom. The van der Waals surface area contributed by atoms with Crippen LogP contribution in [0.2, 0.25) is 5.02 Å². The van der Waals surface area contributed by atoms with Gasteiger partial charge in [0.1, 0.15) is 0 Å². The van der Waals surface area contributed by atoms with Crippen LogP contribution in [0, 0.1) is 16.0 Å². The van der Waals surface area contributed by atoms with Crippen molar-refractivity contribution in [3.8, 4) is 0 Å². The zero-order valence-electron chi connectivity index (χ0n) is 16.2. The van der Waals surface area contributed by atoms with Gasteiger partial charge in [0.25, 0.3) is 5.69 Å². The highest BCUT2D eigenvalue weighted by Gasteiger charge is 2.42. The Morgan fingerprint density at radius 3 is 2.76 bits per heavy atom. The van der Waals surface area contributed by atoms with E-state index in [-0.39, 0.29) is 28.5 Å². The Kier molecular flexibility index (Phi) is 5.32. The van der Waals surface area contributed by atoms with Crippen LogP contribution in [0.25, 0.3) is 0 Å². The Morgan fingerprint density at radius 1 is 1.24 bits per heavy atom. The van der Waals surface area contributed by atoms with Gasteiger partial charge in [-0.25, -0.2) is 0 Å². The number of carbonyl (C=O) groups is 1. The maximum absolute atomic E-state index is 12.9. The number of nitro groups is 1. The fraction of sp³-hybridized carbons (Fsp3) is 0.381. The summed E-state index contributed by atoms with van der Waals surface area (Å²) in [5.74, 6) is -0.296. The van der Waals surface area contributed by atoms with Crippen LogP contribution in [0.3, 0.4) is 0 Å². The quantitative estimate of drug-likeness (QED) is 0.613. The standard InChI is InChI=1S/C21H23ClN4O3/c1-2-23-21(27)16-12-14-11-15(26(28)29)7-8-18(14)25-10-9-24(13-20(16)25)19-6-4-3-5-17(19)22/h3-8,11,16,20H,2,9-10,12-13H2,1H3,(H,23,27)/t16-,20+/m0/s1. The van der Waals surface area contributed by atoms with E-state index in [4.69, 9.17) is 11.6 Å². The minimum absolute atomic E-state index is 0.0133. The monoisotopic (exact) mass is 414 g/mol. The molecule has 1 fully saturated rings. The number of hydrogen-bond acceptors (Lipinski definition) is 5. The molecule has 0 spiro atoms. The van der Waals surface area contributed by atoms with E-state index >= 15 is 0 Å². The number of fused-ring (bicyclic) bond motifs is 3. The van der Waals surface area contributed by atoms with Gasteiger partial charge < -0.3 is 15.1 Å². The van der Waals surface area contributed by atoms with Gasteiger partial charge in [0.05, 0.1) is 27.6 Å². The van der Waals surface area contributed by atoms with Crippen LogP contribution >= 0.6 is 11.6 Å². The largest absolute Gasteiger partial charge is 0.366 e. The minimum atomic E-state index is -0.386. The third-order valence-electron chi connectivity index (χ3n) is 5.79. The van der Waals surface area contributed by atoms with Crippen molar-refractivity contribution in [3.05, 3.63) is 63.2 Å². The van der Waals surface area contributed by atoms with Crippen LogP contribution in [0.15, 0.2) is 42.5 Å². The summed E-state index contributed by atoms with van der Waals surface area (Å²) in [7, 11) is 0. The van der Waals surface area contributed by atoms with E-state index in [0.717, 1.165) is 30.0 Å². The lowest BCUT2D eigenvalue weighted by Gasteiger charge is -2.49. The van der Waals surface area contributed by atoms with Gasteiger partial charge in [0, 0.05) is 44.0 Å². The van der Waals surface area contributed by atoms with Crippen molar-refractivity contribution in [3.63, 3.8) is 0 Å². The normalized spacial score (nSPS) is 20.6. The minimum Gasteiger partial charge on any atom is -0.366 e. The number of halogens is 1. The van der Waals surface area contributed by atoms with Gasteiger partial charge in [0.2, 0.25) is 5.91 Å². The zero-order valence-corrected chi connectivity index (χ0v) is 16.9. The molecule has 1 amide bonds. The third-order valence-corrected chi connectivity index (χ3v) is 6.11. The Bertz CT molecular complexity index is 951. The summed E-state index contributed by atoms with van der Waals surface area (Å²) >= 11 is 6.41. The Balaban J connectivity index is 1.70. The average Bonchev–Trinajstić information content (AvgIpc) is 2.72. The van der Waals surface area contributed by atoms with Crippen LogP contribution in [-0.4, -0.2) is 43.1 Å². The molecular weight excluding hydrogens is 392 g/mol. The highest BCUT2D eigenvalue weighted by Crippen LogP contribution is 2.39. The first-order valence-electron chi connectivity index (χ1n) is 9.80. The van der Waals surface area contributed by atoms with Gasteiger partial charge >= 0.3 is 0 Å². The van der Waals surface area contributed by atoms with Crippen molar-refractivity contribution in [1.82, 2.24) is 5.32 Å². The second-order valence-corrected chi connectivity index (χ2v) is 7.84. The molecule has 0 bridgehead atoms. The van der Waals surface area contributed by atoms with E-state index in [0.29, 0.717) is 24.5 Å². The van der Waals surface area contributed by atoms with Crippen LogP contribution in [0.4, 0.5) is 17.1 Å². The number of anilines is 2. The predicted molar refractivity (Wildman–Crippen MR) is 114 cm³/mol. The number of para-hydroxylation sites is 1. The van der Waals surface area contributed by atoms with Crippen molar-refractivity contribution >= 4 is 34.6 Å². The number of piperazine rings is 1. The summed E-state index contributed by atoms with van der Waals surface area (Å²) in [4.78, 5) is 28.2. The van der Waals surface area contributed by atoms with Crippen molar-refractivity contribution in [2.75, 3.05) is 36.0 Å². The van der Waals surface area contributed by atoms with Crippen molar-refractivity contribution < 1.29 is 9.72 Å². The molecule has 29 heavy (non-hydrogen) atoms. The van der Waals surface area contributed by atoms with E-state index in [1.165, 1.54) is 0 Å². The number of amides is 1. The second kappa shape index (κ2) is 7.91. The molecule has 0 aromatic heterocycles. The molecule has 8 heteroatoms. The second-order valence-electron chi connectivity index (χ2n) is 7.43. The number of carbonyl (C=O) groups excluding carboxylic acids is 1. The molecule has 0 aliphatic carbocycles. The first-order chi connectivity index (χ1) is 14.0. The fourth-order valence-corrected chi connectivity index (χ4v) is 4.71.